The summed E-state index contributed by atoms with van der Waals surface area (Å²) >= 11 is 7.51. The van der Waals surface area contributed by atoms with Crippen LogP contribution < -0.4 is 4.90 Å². The summed E-state index contributed by atoms with van der Waals surface area (Å²) < 4.78 is 0.641. The van der Waals surface area contributed by atoms with E-state index in [1.807, 2.05) is 0 Å². The van der Waals surface area contributed by atoms with Crippen molar-refractivity contribution in [2.75, 3.05) is 11.4 Å². The van der Waals surface area contributed by atoms with E-state index >= 15 is 0 Å². The van der Waals surface area contributed by atoms with Crippen LogP contribution in [-0.4, -0.2) is 28.8 Å². The van der Waals surface area contributed by atoms with Gasteiger partial charge in [0, 0.05) is 28.4 Å². The average Bonchev–Trinajstić information content (AvgIpc) is 2.57. The van der Waals surface area contributed by atoms with Gasteiger partial charge in [0.15, 0.2) is 0 Å². The summed E-state index contributed by atoms with van der Waals surface area (Å²) in [5.41, 5.74) is 0.753. The number of anilines is 1. The molecule has 1 unspecified atom stereocenters. The third kappa shape index (κ3) is 2.63. The van der Waals surface area contributed by atoms with Crippen molar-refractivity contribution in [3.05, 3.63) is 28.2 Å². The molecule has 1 aromatic rings. The van der Waals surface area contributed by atoms with Gasteiger partial charge in [-0.15, -0.1) is 0 Å². The molecule has 0 radical (unpaired) electrons. The predicted molar refractivity (Wildman–Crippen MR) is 70.8 cm³/mol. The molecular formula is C11H10BrNO3S. The quantitative estimate of drug-likeness (QED) is 0.822. The number of rotatable bonds is 2. The number of carbonyl (C=O) groups excluding carboxylic acids is 1. The van der Waals surface area contributed by atoms with Crippen LogP contribution in [0.3, 0.4) is 0 Å². The molecular weight excluding hydrogens is 306 g/mol. The van der Waals surface area contributed by atoms with E-state index in [1.54, 1.807) is 11.0 Å². The maximum absolute atomic E-state index is 11.7. The van der Waals surface area contributed by atoms with Gasteiger partial charge in [0.25, 0.3) is 0 Å². The Kier molecular flexibility index (Phi) is 3.44. The SMILES string of the molecule is O=C(O)c1cc(Br)cc(N2CC(S)CC2=O)c1. The molecule has 0 saturated carbocycles. The van der Waals surface area contributed by atoms with E-state index < -0.39 is 5.97 Å². The van der Waals surface area contributed by atoms with Gasteiger partial charge in [0.05, 0.1) is 5.56 Å². The molecule has 1 aromatic carbocycles. The highest BCUT2D eigenvalue weighted by Crippen LogP contribution is 2.28. The van der Waals surface area contributed by atoms with Gasteiger partial charge in [-0.3, -0.25) is 4.79 Å². The number of hydrogen-bond donors (Lipinski definition) is 2. The molecule has 1 atom stereocenters. The largest absolute Gasteiger partial charge is 0.478 e. The summed E-state index contributed by atoms with van der Waals surface area (Å²) in [6.07, 6.45) is 0.387. The lowest BCUT2D eigenvalue weighted by Crippen LogP contribution is -2.24. The Balaban J connectivity index is 2.39. The Hall–Kier alpha value is -1.01. The van der Waals surface area contributed by atoms with Crippen molar-refractivity contribution in [2.45, 2.75) is 11.7 Å². The molecule has 2 rings (SSSR count). The standard InChI is InChI=1S/C11H10BrNO3S/c12-7-1-6(11(15)16)2-8(3-7)13-5-9(17)4-10(13)14/h1-3,9,17H,4-5H2,(H,15,16). The summed E-state index contributed by atoms with van der Waals surface area (Å²) in [5, 5.41) is 8.96. The van der Waals surface area contributed by atoms with Crippen LogP contribution in [0.15, 0.2) is 22.7 Å². The Bertz CT molecular complexity index is 492. The van der Waals surface area contributed by atoms with Crippen molar-refractivity contribution in [1.82, 2.24) is 0 Å². The average molecular weight is 316 g/mol. The number of benzene rings is 1. The molecule has 0 bridgehead atoms. The molecule has 4 nitrogen and oxygen atoms in total. The smallest absolute Gasteiger partial charge is 0.335 e. The molecule has 1 saturated heterocycles. The van der Waals surface area contributed by atoms with Crippen LogP contribution in [0.25, 0.3) is 0 Å². The molecule has 1 fully saturated rings. The topological polar surface area (TPSA) is 57.6 Å². The Labute approximate surface area is 112 Å². The molecule has 0 aliphatic carbocycles. The summed E-state index contributed by atoms with van der Waals surface area (Å²) in [6, 6.07) is 4.73. The molecule has 1 aliphatic rings. The van der Waals surface area contributed by atoms with Crippen molar-refractivity contribution in [3.8, 4) is 0 Å². The minimum Gasteiger partial charge on any atom is -0.478 e. The molecule has 6 heteroatoms. The number of nitrogens with zero attached hydrogens (tertiary/aromatic N) is 1. The number of hydrogen-bond acceptors (Lipinski definition) is 3. The van der Waals surface area contributed by atoms with Gasteiger partial charge in [-0.25, -0.2) is 4.79 Å². The van der Waals surface area contributed by atoms with Crippen molar-refractivity contribution >= 4 is 46.1 Å². The summed E-state index contributed by atoms with van der Waals surface area (Å²) in [6.45, 7) is 0.511. The van der Waals surface area contributed by atoms with Gasteiger partial charge in [0.1, 0.15) is 0 Å². The predicted octanol–water partition coefficient (Wildman–Crippen LogP) is 2.18. The van der Waals surface area contributed by atoms with Gasteiger partial charge in [-0.1, -0.05) is 15.9 Å². The van der Waals surface area contributed by atoms with E-state index in [2.05, 4.69) is 28.6 Å². The summed E-state index contributed by atoms with van der Waals surface area (Å²) in [7, 11) is 0. The van der Waals surface area contributed by atoms with Crippen molar-refractivity contribution in [2.24, 2.45) is 0 Å². The second-order valence-corrected chi connectivity index (χ2v) is 5.51. The number of thiol groups is 1. The van der Waals surface area contributed by atoms with Crippen molar-refractivity contribution in [3.63, 3.8) is 0 Å². The van der Waals surface area contributed by atoms with Crippen LogP contribution in [0.5, 0.6) is 0 Å². The lowest BCUT2D eigenvalue weighted by Gasteiger charge is -2.17. The van der Waals surface area contributed by atoms with Crippen LogP contribution in [0.1, 0.15) is 16.8 Å². The van der Waals surface area contributed by atoms with E-state index in [-0.39, 0.29) is 16.7 Å². The highest BCUT2D eigenvalue weighted by molar-refractivity contribution is 9.10. The monoisotopic (exact) mass is 315 g/mol. The lowest BCUT2D eigenvalue weighted by molar-refractivity contribution is -0.117. The highest BCUT2D eigenvalue weighted by atomic mass is 79.9. The summed E-state index contributed by atoms with van der Waals surface area (Å²) in [4.78, 5) is 24.2. The van der Waals surface area contributed by atoms with E-state index in [0.29, 0.717) is 23.1 Å². The number of aromatic carboxylic acids is 1. The minimum absolute atomic E-state index is 0.00904. The molecule has 90 valence electrons. The van der Waals surface area contributed by atoms with Gasteiger partial charge < -0.3 is 10.0 Å². The number of amides is 1. The van der Waals surface area contributed by atoms with E-state index in [1.165, 1.54) is 12.1 Å². The maximum Gasteiger partial charge on any atom is 0.335 e. The fraction of sp³-hybridized carbons (Fsp3) is 0.273. The van der Waals surface area contributed by atoms with E-state index in [9.17, 15) is 9.59 Å². The first-order chi connectivity index (χ1) is 7.97. The zero-order valence-electron chi connectivity index (χ0n) is 8.76. The Morgan fingerprint density at radius 3 is 2.71 bits per heavy atom. The second kappa shape index (κ2) is 4.70. The molecule has 1 aliphatic heterocycles. The zero-order valence-corrected chi connectivity index (χ0v) is 11.2. The fourth-order valence-electron chi connectivity index (χ4n) is 1.79. The number of carboxylic acids is 1. The fourth-order valence-corrected chi connectivity index (χ4v) is 2.59. The second-order valence-electron chi connectivity index (χ2n) is 3.87. The molecule has 0 aromatic heterocycles. The molecule has 1 N–H and O–H groups in total. The van der Waals surface area contributed by atoms with Gasteiger partial charge >= 0.3 is 5.97 Å². The van der Waals surface area contributed by atoms with Gasteiger partial charge in [-0.2, -0.15) is 12.6 Å². The van der Waals surface area contributed by atoms with Crippen LogP contribution in [-0.2, 0) is 4.79 Å². The Morgan fingerprint density at radius 2 is 2.18 bits per heavy atom. The first-order valence-corrected chi connectivity index (χ1v) is 6.30. The molecule has 1 heterocycles. The molecule has 0 spiro atoms. The number of carbonyl (C=O) groups is 2. The first kappa shape index (κ1) is 12.4. The third-order valence-corrected chi connectivity index (χ3v) is 3.35. The van der Waals surface area contributed by atoms with E-state index in [0.717, 1.165) is 0 Å². The van der Waals surface area contributed by atoms with E-state index in [4.69, 9.17) is 5.11 Å². The summed E-state index contributed by atoms with van der Waals surface area (Å²) in [5.74, 6) is -1.04. The number of halogens is 1. The van der Waals surface area contributed by atoms with Crippen molar-refractivity contribution in [1.29, 1.82) is 0 Å². The lowest BCUT2D eigenvalue weighted by atomic mass is 10.2. The van der Waals surface area contributed by atoms with Gasteiger partial charge in [-0.05, 0) is 18.2 Å². The first-order valence-electron chi connectivity index (χ1n) is 4.99. The van der Waals surface area contributed by atoms with Crippen LogP contribution >= 0.6 is 28.6 Å². The normalized spacial score (nSPS) is 19.8. The highest BCUT2D eigenvalue weighted by Gasteiger charge is 2.28. The van der Waals surface area contributed by atoms with Crippen molar-refractivity contribution < 1.29 is 14.7 Å². The number of carboxylic acid groups (broad SMARTS) is 1. The minimum atomic E-state index is -1.01. The third-order valence-electron chi connectivity index (χ3n) is 2.55. The molecule has 1 amide bonds. The van der Waals surface area contributed by atoms with Crippen LogP contribution in [0, 0.1) is 0 Å². The Morgan fingerprint density at radius 1 is 1.47 bits per heavy atom. The van der Waals surface area contributed by atoms with Gasteiger partial charge in [0.2, 0.25) is 5.91 Å². The molecule has 17 heavy (non-hydrogen) atoms. The van der Waals surface area contributed by atoms with Crippen LogP contribution in [0.4, 0.5) is 5.69 Å². The van der Waals surface area contributed by atoms with Crippen LogP contribution in [0.2, 0.25) is 0 Å². The maximum atomic E-state index is 11.7. The zero-order chi connectivity index (χ0) is 12.6.